The summed E-state index contributed by atoms with van der Waals surface area (Å²) in [6.07, 6.45) is 45.1. The van der Waals surface area contributed by atoms with Crippen molar-refractivity contribution in [3.05, 3.63) is 48.6 Å². The number of hydrogen-bond donors (Lipinski definition) is 7. The number of carbonyl (C=O) groups is 1. The van der Waals surface area contributed by atoms with Gasteiger partial charge in [-0.25, -0.2) is 0 Å². The molecule has 0 aliphatic carbocycles. The lowest BCUT2D eigenvalue weighted by Gasteiger charge is -2.40. The van der Waals surface area contributed by atoms with Crippen molar-refractivity contribution >= 4 is 5.91 Å². The molecule has 368 valence electrons. The molecule has 10 nitrogen and oxygen atoms in total. The largest absolute Gasteiger partial charge is 0.394 e. The van der Waals surface area contributed by atoms with Gasteiger partial charge in [-0.3, -0.25) is 4.79 Å². The Kier molecular flexibility index (Phi) is 40.1. The Morgan fingerprint density at radius 3 is 1.43 bits per heavy atom. The molecule has 0 bridgehead atoms. The number of carbonyl (C=O) groups excluding carboxylic acids is 1. The fraction of sp³-hybridized carbons (Fsp3) is 0.830. The van der Waals surface area contributed by atoms with Crippen LogP contribution >= 0.6 is 0 Å². The Morgan fingerprint density at radius 1 is 0.540 bits per heavy atom. The Bertz CT molecular complexity index is 1140. The molecule has 0 aromatic carbocycles. The van der Waals surface area contributed by atoms with Gasteiger partial charge in [0.05, 0.1) is 25.4 Å². The molecule has 1 heterocycles. The van der Waals surface area contributed by atoms with Gasteiger partial charge < -0.3 is 45.4 Å². The van der Waals surface area contributed by atoms with Crippen LogP contribution in [-0.4, -0.2) is 98.7 Å². The second kappa shape index (κ2) is 42.7. The van der Waals surface area contributed by atoms with E-state index in [0.717, 1.165) is 44.9 Å². The van der Waals surface area contributed by atoms with Crippen molar-refractivity contribution in [2.75, 3.05) is 13.2 Å². The Morgan fingerprint density at radius 2 is 0.952 bits per heavy atom. The van der Waals surface area contributed by atoms with Gasteiger partial charge in [0, 0.05) is 0 Å². The lowest BCUT2D eigenvalue weighted by atomic mass is 9.99. The van der Waals surface area contributed by atoms with Crippen LogP contribution in [0.4, 0.5) is 0 Å². The third-order valence-corrected chi connectivity index (χ3v) is 12.2. The van der Waals surface area contributed by atoms with Crippen LogP contribution in [0.3, 0.4) is 0 Å². The highest BCUT2D eigenvalue weighted by Gasteiger charge is 2.44. The minimum Gasteiger partial charge on any atom is -0.394 e. The van der Waals surface area contributed by atoms with Crippen LogP contribution in [-0.2, 0) is 14.3 Å². The Balaban J connectivity index is 2.27. The van der Waals surface area contributed by atoms with Gasteiger partial charge in [0.2, 0.25) is 5.91 Å². The first-order valence-electron chi connectivity index (χ1n) is 26.0. The molecular formula is C53H97NO9. The van der Waals surface area contributed by atoms with Crippen LogP contribution in [0.2, 0.25) is 0 Å². The molecule has 1 rings (SSSR count). The zero-order chi connectivity index (χ0) is 46.0. The molecule has 1 amide bonds. The maximum absolute atomic E-state index is 13.1. The van der Waals surface area contributed by atoms with Gasteiger partial charge in [-0.1, -0.05) is 204 Å². The molecular weight excluding hydrogens is 795 g/mol. The van der Waals surface area contributed by atoms with Crippen molar-refractivity contribution in [3.8, 4) is 0 Å². The predicted molar refractivity (Wildman–Crippen MR) is 259 cm³/mol. The molecule has 0 aromatic rings. The molecule has 1 aliphatic rings. The zero-order valence-corrected chi connectivity index (χ0v) is 40.2. The first-order valence-corrected chi connectivity index (χ1v) is 26.0. The average Bonchev–Trinajstić information content (AvgIpc) is 3.28. The highest BCUT2D eigenvalue weighted by Crippen LogP contribution is 2.23. The topological polar surface area (TPSA) is 169 Å². The zero-order valence-electron chi connectivity index (χ0n) is 40.2. The van der Waals surface area contributed by atoms with Crippen molar-refractivity contribution in [1.29, 1.82) is 0 Å². The fourth-order valence-corrected chi connectivity index (χ4v) is 7.94. The average molecular weight is 892 g/mol. The first-order chi connectivity index (χ1) is 30.8. The summed E-state index contributed by atoms with van der Waals surface area (Å²) < 4.78 is 11.1. The van der Waals surface area contributed by atoms with E-state index in [0.29, 0.717) is 19.3 Å². The summed E-state index contributed by atoms with van der Waals surface area (Å²) in [7, 11) is 0. The van der Waals surface area contributed by atoms with E-state index >= 15 is 0 Å². The molecule has 1 fully saturated rings. The van der Waals surface area contributed by atoms with Crippen LogP contribution in [0.5, 0.6) is 0 Å². The van der Waals surface area contributed by atoms with E-state index in [1.54, 1.807) is 6.08 Å². The molecule has 10 heteroatoms. The standard InChI is InChI=1S/C53H97NO9/c1-3-5-7-9-11-13-15-17-18-19-20-21-22-23-24-25-26-27-28-29-30-32-34-36-38-40-42-47(57)52(61)54-45(44-62-53-51(60)50(59)49(58)48(43-55)63-53)46(56)41-39-37-35-33-31-16-14-12-10-8-6-4-2/h10,12,23-24,31,33,39,41,45-51,53,55-60H,3-9,11,13-22,25-30,32,34-38,40,42-44H2,1-2H3,(H,54,61)/b12-10+,24-23-,33-31+,41-39+. The van der Waals surface area contributed by atoms with E-state index in [1.165, 1.54) is 141 Å². The monoisotopic (exact) mass is 892 g/mol. The number of amides is 1. The van der Waals surface area contributed by atoms with Gasteiger partial charge in [-0.15, -0.1) is 0 Å². The van der Waals surface area contributed by atoms with Crippen molar-refractivity contribution in [3.63, 3.8) is 0 Å². The maximum atomic E-state index is 13.1. The maximum Gasteiger partial charge on any atom is 0.249 e. The third-order valence-electron chi connectivity index (χ3n) is 12.2. The van der Waals surface area contributed by atoms with E-state index in [1.807, 2.05) is 6.08 Å². The number of allylic oxidation sites excluding steroid dienone is 7. The van der Waals surface area contributed by atoms with Gasteiger partial charge in [0.25, 0.3) is 0 Å². The summed E-state index contributed by atoms with van der Waals surface area (Å²) in [5.74, 6) is -0.633. The van der Waals surface area contributed by atoms with E-state index in [9.17, 15) is 35.4 Å². The molecule has 63 heavy (non-hydrogen) atoms. The second-order valence-electron chi connectivity index (χ2n) is 18.1. The van der Waals surface area contributed by atoms with Crippen molar-refractivity contribution in [2.24, 2.45) is 0 Å². The van der Waals surface area contributed by atoms with Crippen LogP contribution in [0.15, 0.2) is 48.6 Å². The van der Waals surface area contributed by atoms with Crippen LogP contribution < -0.4 is 5.32 Å². The van der Waals surface area contributed by atoms with E-state index in [4.69, 9.17) is 9.47 Å². The van der Waals surface area contributed by atoms with Gasteiger partial charge in [-0.2, -0.15) is 0 Å². The molecule has 1 aliphatic heterocycles. The molecule has 8 unspecified atom stereocenters. The molecule has 0 radical (unpaired) electrons. The quantitative estimate of drug-likeness (QED) is 0.0233. The minimum atomic E-state index is -1.62. The number of aliphatic hydroxyl groups excluding tert-OH is 6. The number of aliphatic hydroxyl groups is 6. The van der Waals surface area contributed by atoms with Gasteiger partial charge in [0.1, 0.15) is 30.5 Å². The van der Waals surface area contributed by atoms with Crippen molar-refractivity contribution < 1.29 is 44.9 Å². The summed E-state index contributed by atoms with van der Waals surface area (Å²) in [6.45, 7) is 3.54. The molecule has 0 saturated carbocycles. The van der Waals surface area contributed by atoms with Crippen molar-refractivity contribution in [1.82, 2.24) is 5.32 Å². The summed E-state index contributed by atoms with van der Waals surface area (Å²) >= 11 is 0. The summed E-state index contributed by atoms with van der Waals surface area (Å²) in [4.78, 5) is 13.1. The lowest BCUT2D eigenvalue weighted by molar-refractivity contribution is -0.302. The first kappa shape index (κ1) is 59.1. The molecule has 7 N–H and O–H groups in total. The number of rotatable bonds is 43. The molecule has 0 aromatic heterocycles. The smallest absolute Gasteiger partial charge is 0.249 e. The van der Waals surface area contributed by atoms with Gasteiger partial charge in [-0.05, 0) is 64.2 Å². The lowest BCUT2D eigenvalue weighted by Crippen LogP contribution is -2.60. The molecule has 8 atom stereocenters. The van der Waals surface area contributed by atoms with Crippen molar-refractivity contribution in [2.45, 2.75) is 268 Å². The van der Waals surface area contributed by atoms with Gasteiger partial charge >= 0.3 is 0 Å². The Labute approximate surface area is 385 Å². The molecule has 1 saturated heterocycles. The Hall–Kier alpha value is -1.89. The third kappa shape index (κ3) is 32.4. The highest BCUT2D eigenvalue weighted by atomic mass is 16.7. The second-order valence-corrected chi connectivity index (χ2v) is 18.1. The number of unbranched alkanes of at least 4 members (excludes halogenated alkanes) is 26. The molecule has 0 spiro atoms. The SMILES string of the molecule is CCCC/C=C/CC/C=C/CC/C=C/C(O)C(COC1OC(CO)C(O)C(O)C1O)NC(=O)C(O)CCCCCCCCCCCC/C=C\CCCCCCCCCCCCCC. The van der Waals surface area contributed by atoms with E-state index in [-0.39, 0.29) is 6.61 Å². The minimum absolute atomic E-state index is 0.298. The highest BCUT2D eigenvalue weighted by molar-refractivity contribution is 5.80. The number of hydrogen-bond acceptors (Lipinski definition) is 9. The van der Waals surface area contributed by atoms with Crippen LogP contribution in [0, 0.1) is 0 Å². The van der Waals surface area contributed by atoms with Gasteiger partial charge in [0.15, 0.2) is 6.29 Å². The van der Waals surface area contributed by atoms with E-state index < -0.39 is 61.5 Å². The predicted octanol–water partition coefficient (Wildman–Crippen LogP) is 10.8. The number of nitrogens with one attached hydrogen (secondary N) is 1. The fourth-order valence-electron chi connectivity index (χ4n) is 7.94. The normalized spacial score (nSPS) is 21.0. The van der Waals surface area contributed by atoms with Crippen LogP contribution in [0.1, 0.15) is 219 Å². The summed E-state index contributed by atoms with van der Waals surface area (Å²) in [6, 6.07) is -1.00. The van der Waals surface area contributed by atoms with E-state index in [2.05, 4.69) is 55.6 Å². The van der Waals surface area contributed by atoms with Crippen LogP contribution in [0.25, 0.3) is 0 Å². The summed E-state index contributed by atoms with van der Waals surface area (Å²) in [5, 5.41) is 64.7. The number of ether oxygens (including phenoxy) is 2. The summed E-state index contributed by atoms with van der Waals surface area (Å²) in [5.41, 5.74) is 0.